The molecule has 1 aliphatic heterocycles. The van der Waals surface area contributed by atoms with Crippen LogP contribution in [0, 0.1) is 0 Å². The van der Waals surface area contributed by atoms with Crippen LogP contribution in [0.25, 0.3) is 6.08 Å². The van der Waals surface area contributed by atoms with E-state index in [1.807, 2.05) is 0 Å². The highest BCUT2D eigenvalue weighted by Gasteiger charge is 2.16. The van der Waals surface area contributed by atoms with E-state index in [4.69, 9.17) is 9.47 Å². The van der Waals surface area contributed by atoms with E-state index in [2.05, 4.69) is 18.1 Å². The van der Waals surface area contributed by atoms with Crippen molar-refractivity contribution in [2.24, 2.45) is 0 Å². The first kappa shape index (κ1) is 15.9. The zero-order chi connectivity index (χ0) is 14.8. The van der Waals surface area contributed by atoms with Gasteiger partial charge in [0.1, 0.15) is 6.61 Å². The third-order valence-corrected chi connectivity index (χ3v) is 2.67. The molecule has 1 aromatic rings. The highest BCUT2D eigenvalue weighted by Crippen LogP contribution is 2.11. The number of rotatable bonds is 4. The van der Waals surface area contributed by atoms with E-state index in [1.54, 1.807) is 18.3 Å². The molecule has 0 spiro atoms. The average Bonchev–Trinajstić information content (AvgIpc) is 2.99. The summed E-state index contributed by atoms with van der Waals surface area (Å²) in [6.45, 7) is 7.92. The smallest absolute Gasteiger partial charge is 0.330 e. The van der Waals surface area contributed by atoms with E-state index in [-0.39, 0.29) is 17.6 Å². The Bertz CT molecular complexity index is 501. The van der Waals surface area contributed by atoms with Gasteiger partial charge in [-0.3, -0.25) is 4.79 Å². The molecule has 5 nitrogen and oxygen atoms in total. The fourth-order valence-corrected chi connectivity index (χ4v) is 1.61. The zero-order valence-corrected chi connectivity index (χ0v) is 11.3. The van der Waals surface area contributed by atoms with Crippen molar-refractivity contribution >= 4 is 12.0 Å². The Labute approximate surface area is 117 Å². The highest BCUT2D eigenvalue weighted by atomic mass is 16.6. The Hall–Kier alpha value is -2.14. The summed E-state index contributed by atoms with van der Waals surface area (Å²) in [5.41, 5.74) is 0.519. The van der Waals surface area contributed by atoms with Crippen LogP contribution in [-0.4, -0.2) is 30.3 Å². The monoisotopic (exact) mass is 277 g/mol. The van der Waals surface area contributed by atoms with Gasteiger partial charge in [0.25, 0.3) is 5.56 Å². The van der Waals surface area contributed by atoms with E-state index in [0.717, 1.165) is 25.5 Å². The summed E-state index contributed by atoms with van der Waals surface area (Å²) in [6.07, 6.45) is 6.45. The lowest BCUT2D eigenvalue weighted by atomic mass is 10.2. The van der Waals surface area contributed by atoms with Gasteiger partial charge in [0.2, 0.25) is 0 Å². The summed E-state index contributed by atoms with van der Waals surface area (Å²) in [6, 6.07) is 3.48. The average molecular weight is 277 g/mol. The fourth-order valence-electron chi connectivity index (χ4n) is 1.61. The lowest BCUT2D eigenvalue weighted by Gasteiger charge is -2.07. The SMILES string of the molecule is C=CC(=O)OCC1CCCO1.C=Cc1ccc[nH]c1=O. The molecule has 2 rings (SSSR count). The van der Waals surface area contributed by atoms with Gasteiger partial charge in [0.15, 0.2) is 0 Å². The van der Waals surface area contributed by atoms with Gasteiger partial charge in [0, 0.05) is 24.4 Å². The van der Waals surface area contributed by atoms with Crippen molar-refractivity contribution in [2.45, 2.75) is 18.9 Å². The van der Waals surface area contributed by atoms with Crippen LogP contribution in [0.3, 0.4) is 0 Å². The van der Waals surface area contributed by atoms with E-state index in [1.165, 1.54) is 6.08 Å². The van der Waals surface area contributed by atoms with E-state index < -0.39 is 0 Å². The lowest BCUT2D eigenvalue weighted by molar-refractivity contribution is -0.140. The number of nitrogens with one attached hydrogen (secondary N) is 1. The first-order valence-corrected chi connectivity index (χ1v) is 6.38. The molecular formula is C15H19NO4. The van der Waals surface area contributed by atoms with Crippen LogP contribution in [0.15, 0.2) is 42.4 Å². The topological polar surface area (TPSA) is 68.4 Å². The van der Waals surface area contributed by atoms with Crippen molar-refractivity contribution in [3.63, 3.8) is 0 Å². The van der Waals surface area contributed by atoms with Gasteiger partial charge in [-0.15, -0.1) is 0 Å². The number of H-pyrrole nitrogens is 1. The number of aromatic amines is 1. The molecule has 0 radical (unpaired) electrons. The summed E-state index contributed by atoms with van der Waals surface area (Å²) in [7, 11) is 0. The minimum Gasteiger partial charge on any atom is -0.460 e. The molecule has 2 heterocycles. The van der Waals surface area contributed by atoms with Crippen molar-refractivity contribution in [1.82, 2.24) is 4.98 Å². The van der Waals surface area contributed by atoms with Crippen LogP contribution in [0.5, 0.6) is 0 Å². The molecule has 0 aromatic carbocycles. The molecule has 20 heavy (non-hydrogen) atoms. The normalized spacial score (nSPS) is 16.7. The van der Waals surface area contributed by atoms with Crippen LogP contribution >= 0.6 is 0 Å². The summed E-state index contributed by atoms with van der Waals surface area (Å²) >= 11 is 0. The summed E-state index contributed by atoms with van der Waals surface area (Å²) in [4.78, 5) is 23.8. The van der Waals surface area contributed by atoms with E-state index >= 15 is 0 Å². The minimum absolute atomic E-state index is 0.0903. The standard InChI is InChI=1S/C8H12O3.C7H7NO/c1-2-8(9)11-6-7-4-3-5-10-7;1-2-6-4-3-5-8-7(6)9/h2,7H,1,3-6H2;2-5H,1H2,(H,8,9). The van der Waals surface area contributed by atoms with Crippen LogP contribution in [0.4, 0.5) is 0 Å². The molecule has 5 heteroatoms. The molecule has 0 aliphatic carbocycles. The zero-order valence-electron chi connectivity index (χ0n) is 11.3. The first-order chi connectivity index (χ1) is 9.67. The summed E-state index contributed by atoms with van der Waals surface area (Å²) < 4.78 is 10.0. The quantitative estimate of drug-likeness (QED) is 0.674. The number of carbonyl (C=O) groups excluding carboxylic acids is 1. The first-order valence-electron chi connectivity index (χ1n) is 6.38. The second-order valence-electron chi connectivity index (χ2n) is 4.13. The van der Waals surface area contributed by atoms with E-state index in [9.17, 15) is 9.59 Å². The van der Waals surface area contributed by atoms with Crippen LogP contribution < -0.4 is 5.56 Å². The van der Waals surface area contributed by atoms with Gasteiger partial charge in [-0.25, -0.2) is 4.79 Å². The van der Waals surface area contributed by atoms with Crippen LogP contribution in [0.1, 0.15) is 18.4 Å². The lowest BCUT2D eigenvalue weighted by Crippen LogP contribution is -2.16. The van der Waals surface area contributed by atoms with Gasteiger partial charge in [-0.2, -0.15) is 0 Å². The van der Waals surface area contributed by atoms with Gasteiger partial charge in [-0.1, -0.05) is 19.2 Å². The number of hydrogen-bond acceptors (Lipinski definition) is 4. The van der Waals surface area contributed by atoms with Gasteiger partial charge < -0.3 is 14.5 Å². The molecule has 1 aromatic heterocycles. The number of ether oxygens (including phenoxy) is 2. The van der Waals surface area contributed by atoms with Crippen molar-refractivity contribution in [3.05, 3.63) is 53.5 Å². The Kier molecular flexibility index (Phi) is 7.06. The Balaban J connectivity index is 0.000000204. The Morgan fingerprint density at radius 2 is 2.35 bits per heavy atom. The van der Waals surface area contributed by atoms with Crippen molar-refractivity contribution in [1.29, 1.82) is 0 Å². The van der Waals surface area contributed by atoms with Gasteiger partial charge >= 0.3 is 5.97 Å². The molecule has 0 bridgehead atoms. The third-order valence-electron chi connectivity index (χ3n) is 2.67. The molecule has 1 saturated heterocycles. The summed E-state index contributed by atoms with van der Waals surface area (Å²) in [5, 5.41) is 0. The predicted molar refractivity (Wildman–Crippen MR) is 77.3 cm³/mol. The minimum atomic E-state index is -0.375. The number of carbonyl (C=O) groups is 1. The van der Waals surface area contributed by atoms with Gasteiger partial charge in [-0.05, 0) is 25.0 Å². The third kappa shape index (κ3) is 5.67. The number of esters is 1. The van der Waals surface area contributed by atoms with Crippen LogP contribution in [0.2, 0.25) is 0 Å². The Morgan fingerprint density at radius 3 is 2.85 bits per heavy atom. The molecule has 1 unspecified atom stereocenters. The second kappa shape index (κ2) is 8.87. The summed E-state index contributed by atoms with van der Waals surface area (Å²) in [5.74, 6) is -0.375. The second-order valence-corrected chi connectivity index (χ2v) is 4.13. The van der Waals surface area contributed by atoms with Crippen molar-refractivity contribution < 1.29 is 14.3 Å². The molecular weight excluding hydrogens is 258 g/mol. The molecule has 1 atom stereocenters. The fraction of sp³-hybridized carbons (Fsp3) is 0.333. The van der Waals surface area contributed by atoms with Gasteiger partial charge in [0.05, 0.1) is 6.10 Å². The Morgan fingerprint density at radius 1 is 1.55 bits per heavy atom. The number of aromatic nitrogens is 1. The van der Waals surface area contributed by atoms with Crippen molar-refractivity contribution in [3.8, 4) is 0 Å². The van der Waals surface area contributed by atoms with Crippen molar-refractivity contribution in [2.75, 3.05) is 13.2 Å². The number of hydrogen-bond donors (Lipinski definition) is 1. The van der Waals surface area contributed by atoms with Crippen LogP contribution in [-0.2, 0) is 14.3 Å². The maximum absolute atomic E-state index is 10.7. The molecule has 0 amide bonds. The molecule has 108 valence electrons. The highest BCUT2D eigenvalue weighted by molar-refractivity contribution is 5.81. The maximum Gasteiger partial charge on any atom is 0.330 e. The molecule has 1 aliphatic rings. The number of pyridine rings is 1. The van der Waals surface area contributed by atoms with E-state index in [0.29, 0.717) is 12.2 Å². The molecule has 0 saturated carbocycles. The predicted octanol–water partition coefficient (Wildman–Crippen LogP) is 1.91. The maximum atomic E-state index is 10.7. The molecule has 1 N–H and O–H groups in total. The molecule has 1 fully saturated rings. The largest absolute Gasteiger partial charge is 0.460 e.